The van der Waals surface area contributed by atoms with E-state index in [-0.39, 0.29) is 18.4 Å². The van der Waals surface area contributed by atoms with Crippen LogP contribution < -0.4 is 10.2 Å². The molecule has 0 unspecified atom stereocenters. The number of carbonyl (C=O) groups excluding carboxylic acids is 2. The third-order valence-electron chi connectivity index (χ3n) is 3.84. The molecule has 0 spiro atoms. The minimum atomic E-state index is -0.397. The molecule has 0 bridgehead atoms. The molecule has 6 heteroatoms. The second-order valence-electron chi connectivity index (χ2n) is 5.58. The van der Waals surface area contributed by atoms with Gasteiger partial charge in [-0.1, -0.05) is 18.2 Å². The van der Waals surface area contributed by atoms with Gasteiger partial charge in [0, 0.05) is 5.69 Å². The van der Waals surface area contributed by atoms with Gasteiger partial charge < -0.3 is 10.1 Å². The maximum Gasteiger partial charge on any atom is 0.414 e. The Morgan fingerprint density at radius 1 is 1.29 bits per heavy atom. The lowest BCUT2D eigenvalue weighted by atomic mass is 10.1. The van der Waals surface area contributed by atoms with E-state index in [9.17, 15) is 14.0 Å². The van der Waals surface area contributed by atoms with Crippen molar-refractivity contribution in [3.05, 3.63) is 59.4 Å². The Labute approximate surface area is 139 Å². The summed E-state index contributed by atoms with van der Waals surface area (Å²) in [7, 11) is 0. The van der Waals surface area contributed by atoms with Crippen LogP contribution >= 0.6 is 0 Å². The third-order valence-corrected chi connectivity index (χ3v) is 3.84. The normalized spacial score (nSPS) is 13.8. The Kier molecular flexibility index (Phi) is 4.46. The second kappa shape index (κ2) is 6.70. The van der Waals surface area contributed by atoms with Crippen LogP contribution in [0.2, 0.25) is 0 Å². The van der Waals surface area contributed by atoms with Crippen molar-refractivity contribution in [1.82, 2.24) is 0 Å². The zero-order valence-electron chi connectivity index (χ0n) is 13.2. The summed E-state index contributed by atoms with van der Waals surface area (Å²) in [5.41, 5.74) is 2.55. The standard InChI is InChI=1S/C18H17FN2O3/c1-12-10-14(6-7-16(12)21-8-9-24-18(21)23)20-17(22)11-13-4-2-3-5-15(13)19/h2-7,10H,8-9,11H2,1H3,(H,20,22). The van der Waals surface area contributed by atoms with Gasteiger partial charge >= 0.3 is 6.09 Å². The van der Waals surface area contributed by atoms with Crippen LogP contribution in [-0.2, 0) is 16.0 Å². The molecule has 124 valence electrons. The molecule has 0 radical (unpaired) electrons. The van der Waals surface area contributed by atoms with Crippen molar-refractivity contribution in [2.45, 2.75) is 13.3 Å². The molecule has 1 N–H and O–H groups in total. The minimum absolute atomic E-state index is 0.0358. The van der Waals surface area contributed by atoms with Gasteiger partial charge in [-0.3, -0.25) is 9.69 Å². The highest BCUT2D eigenvalue weighted by atomic mass is 19.1. The first-order valence-electron chi connectivity index (χ1n) is 7.63. The molecule has 2 amide bonds. The van der Waals surface area contributed by atoms with Gasteiger partial charge in [0.15, 0.2) is 0 Å². The van der Waals surface area contributed by atoms with Crippen LogP contribution in [0.5, 0.6) is 0 Å². The average molecular weight is 328 g/mol. The van der Waals surface area contributed by atoms with Gasteiger partial charge in [0.25, 0.3) is 0 Å². The molecule has 5 nitrogen and oxygen atoms in total. The highest BCUT2D eigenvalue weighted by Gasteiger charge is 2.24. The Bertz CT molecular complexity index is 792. The van der Waals surface area contributed by atoms with Crippen LogP contribution in [0.1, 0.15) is 11.1 Å². The maximum absolute atomic E-state index is 13.6. The van der Waals surface area contributed by atoms with Gasteiger partial charge in [-0.05, 0) is 42.3 Å². The molecular weight excluding hydrogens is 311 g/mol. The number of amides is 2. The van der Waals surface area contributed by atoms with E-state index in [4.69, 9.17) is 4.74 Å². The Morgan fingerprint density at radius 2 is 2.08 bits per heavy atom. The maximum atomic E-state index is 13.6. The van der Waals surface area contributed by atoms with E-state index in [2.05, 4.69) is 5.32 Å². The summed E-state index contributed by atoms with van der Waals surface area (Å²) >= 11 is 0. The van der Waals surface area contributed by atoms with Gasteiger partial charge in [-0.2, -0.15) is 0 Å². The largest absolute Gasteiger partial charge is 0.447 e. The number of nitrogens with zero attached hydrogens (tertiary/aromatic N) is 1. The number of aryl methyl sites for hydroxylation is 1. The molecule has 0 atom stereocenters. The van der Waals surface area contributed by atoms with Crippen molar-refractivity contribution in [3.8, 4) is 0 Å². The number of hydrogen-bond acceptors (Lipinski definition) is 3. The Balaban J connectivity index is 1.69. The molecule has 0 aliphatic carbocycles. The van der Waals surface area contributed by atoms with Crippen LogP contribution in [0.25, 0.3) is 0 Å². The Hall–Kier alpha value is -2.89. The summed E-state index contributed by atoms with van der Waals surface area (Å²) in [5, 5.41) is 2.75. The average Bonchev–Trinajstić information content (AvgIpc) is 2.96. The number of anilines is 2. The number of benzene rings is 2. The molecule has 2 aromatic rings. The fourth-order valence-electron chi connectivity index (χ4n) is 2.67. The van der Waals surface area contributed by atoms with Crippen molar-refractivity contribution >= 4 is 23.4 Å². The number of ether oxygens (including phenoxy) is 1. The first kappa shape index (κ1) is 16.0. The fourth-order valence-corrected chi connectivity index (χ4v) is 2.67. The van der Waals surface area contributed by atoms with Gasteiger partial charge in [0.1, 0.15) is 12.4 Å². The zero-order chi connectivity index (χ0) is 17.1. The quantitative estimate of drug-likeness (QED) is 0.937. The van der Waals surface area contributed by atoms with E-state index in [0.717, 1.165) is 11.3 Å². The highest BCUT2D eigenvalue weighted by Crippen LogP contribution is 2.26. The molecule has 24 heavy (non-hydrogen) atoms. The topological polar surface area (TPSA) is 58.6 Å². The van der Waals surface area contributed by atoms with Crippen molar-refractivity contribution in [2.24, 2.45) is 0 Å². The number of cyclic esters (lactones) is 1. The molecule has 1 aliphatic heterocycles. The van der Waals surface area contributed by atoms with E-state index in [1.54, 1.807) is 41.3 Å². The van der Waals surface area contributed by atoms with E-state index in [1.165, 1.54) is 6.07 Å². The highest BCUT2D eigenvalue weighted by molar-refractivity contribution is 5.94. The SMILES string of the molecule is Cc1cc(NC(=O)Cc2ccccc2F)ccc1N1CCOC1=O. The lowest BCUT2D eigenvalue weighted by molar-refractivity contribution is -0.115. The van der Waals surface area contributed by atoms with E-state index < -0.39 is 5.82 Å². The smallest absolute Gasteiger partial charge is 0.414 e. The minimum Gasteiger partial charge on any atom is -0.447 e. The van der Waals surface area contributed by atoms with Gasteiger partial charge in [0.05, 0.1) is 18.7 Å². The summed E-state index contributed by atoms with van der Waals surface area (Å²) in [6.07, 6.45) is -0.402. The molecule has 3 rings (SSSR count). The molecule has 1 heterocycles. The first-order chi connectivity index (χ1) is 11.5. The summed E-state index contributed by atoms with van der Waals surface area (Å²) in [6.45, 7) is 2.74. The molecule has 0 aromatic heterocycles. The van der Waals surface area contributed by atoms with Gasteiger partial charge in [0.2, 0.25) is 5.91 Å². The first-order valence-corrected chi connectivity index (χ1v) is 7.63. The predicted octanol–water partition coefficient (Wildman–Crippen LogP) is 3.27. The zero-order valence-corrected chi connectivity index (χ0v) is 13.2. The summed E-state index contributed by atoms with van der Waals surface area (Å²) in [5.74, 6) is -0.695. The third kappa shape index (κ3) is 3.37. The number of carbonyl (C=O) groups is 2. The Morgan fingerprint density at radius 3 is 2.75 bits per heavy atom. The van der Waals surface area contributed by atoms with Crippen LogP contribution in [0.4, 0.5) is 20.6 Å². The lowest BCUT2D eigenvalue weighted by Crippen LogP contribution is -2.24. The molecule has 1 saturated heterocycles. The summed E-state index contributed by atoms with van der Waals surface area (Å²) < 4.78 is 18.5. The molecule has 1 aliphatic rings. The lowest BCUT2D eigenvalue weighted by Gasteiger charge is -2.16. The van der Waals surface area contributed by atoms with E-state index in [1.807, 2.05) is 6.92 Å². The van der Waals surface area contributed by atoms with Crippen LogP contribution in [0.15, 0.2) is 42.5 Å². The number of rotatable bonds is 4. The van der Waals surface area contributed by atoms with E-state index in [0.29, 0.717) is 24.4 Å². The molecular formula is C18H17FN2O3. The van der Waals surface area contributed by atoms with Crippen molar-refractivity contribution in [1.29, 1.82) is 0 Å². The predicted molar refractivity (Wildman–Crippen MR) is 88.6 cm³/mol. The van der Waals surface area contributed by atoms with Crippen molar-refractivity contribution in [2.75, 3.05) is 23.4 Å². The number of hydrogen-bond donors (Lipinski definition) is 1. The molecule has 0 saturated carbocycles. The van der Waals surface area contributed by atoms with Gasteiger partial charge in [-0.15, -0.1) is 0 Å². The molecule has 1 fully saturated rings. The van der Waals surface area contributed by atoms with Crippen LogP contribution in [0, 0.1) is 12.7 Å². The number of halogens is 1. The van der Waals surface area contributed by atoms with Crippen LogP contribution in [0.3, 0.4) is 0 Å². The second-order valence-corrected chi connectivity index (χ2v) is 5.58. The summed E-state index contributed by atoms with van der Waals surface area (Å²) in [4.78, 5) is 25.3. The van der Waals surface area contributed by atoms with Crippen molar-refractivity contribution in [3.63, 3.8) is 0 Å². The van der Waals surface area contributed by atoms with Crippen molar-refractivity contribution < 1.29 is 18.7 Å². The molecule has 2 aromatic carbocycles. The van der Waals surface area contributed by atoms with Crippen LogP contribution in [-0.4, -0.2) is 25.2 Å². The van der Waals surface area contributed by atoms with Gasteiger partial charge in [-0.25, -0.2) is 9.18 Å². The monoisotopic (exact) mass is 328 g/mol. The van der Waals surface area contributed by atoms with E-state index >= 15 is 0 Å². The summed E-state index contributed by atoms with van der Waals surface area (Å²) in [6, 6.07) is 11.5. The number of nitrogens with one attached hydrogen (secondary N) is 1. The fraction of sp³-hybridized carbons (Fsp3) is 0.222.